The lowest BCUT2D eigenvalue weighted by Gasteiger charge is -2.11. The molecule has 21 heavy (non-hydrogen) atoms. The summed E-state index contributed by atoms with van der Waals surface area (Å²) in [5, 5.41) is 0.875. The Labute approximate surface area is 135 Å². The van der Waals surface area contributed by atoms with E-state index in [2.05, 4.69) is 20.9 Å². The number of halogens is 2. The van der Waals surface area contributed by atoms with Crippen LogP contribution < -0.4 is 0 Å². The number of aromatic nitrogens is 2. The number of imidazole rings is 1. The summed E-state index contributed by atoms with van der Waals surface area (Å²) in [7, 11) is 0. The third-order valence-electron chi connectivity index (χ3n) is 3.14. The molecular weight excluding hydrogens is 351 g/mol. The summed E-state index contributed by atoms with van der Waals surface area (Å²) in [6.07, 6.45) is 3.83. The van der Waals surface area contributed by atoms with Crippen LogP contribution in [0.2, 0.25) is 0 Å². The molecule has 5 heteroatoms. The molecule has 0 aliphatic carbocycles. The van der Waals surface area contributed by atoms with Crippen molar-refractivity contribution in [3.63, 3.8) is 0 Å². The van der Waals surface area contributed by atoms with Crippen LogP contribution in [0.25, 0.3) is 16.9 Å². The molecule has 0 N–H and O–H groups in total. The van der Waals surface area contributed by atoms with Gasteiger partial charge in [-0.15, -0.1) is 0 Å². The molecule has 0 unspecified atom stereocenters. The van der Waals surface area contributed by atoms with Crippen molar-refractivity contribution in [2.24, 2.45) is 0 Å². The molecular formula is C16H12BrFN2S. The lowest BCUT2D eigenvalue weighted by Crippen LogP contribution is -1.98. The zero-order valence-electron chi connectivity index (χ0n) is 11.3. The van der Waals surface area contributed by atoms with Gasteiger partial charge in [-0.3, -0.25) is 4.57 Å². The van der Waals surface area contributed by atoms with Crippen LogP contribution in [0.4, 0.5) is 4.39 Å². The van der Waals surface area contributed by atoms with Crippen molar-refractivity contribution >= 4 is 27.7 Å². The van der Waals surface area contributed by atoms with Crippen LogP contribution in [-0.4, -0.2) is 15.8 Å². The molecule has 0 bridgehead atoms. The minimum absolute atomic E-state index is 0.241. The topological polar surface area (TPSA) is 17.8 Å². The zero-order chi connectivity index (χ0) is 14.8. The summed E-state index contributed by atoms with van der Waals surface area (Å²) in [5.41, 5.74) is 2.95. The summed E-state index contributed by atoms with van der Waals surface area (Å²) in [6.45, 7) is 0. The van der Waals surface area contributed by atoms with Gasteiger partial charge in [0.05, 0.1) is 11.9 Å². The van der Waals surface area contributed by atoms with Gasteiger partial charge in [0.1, 0.15) is 5.82 Å². The second-order valence-electron chi connectivity index (χ2n) is 4.45. The van der Waals surface area contributed by atoms with Crippen molar-refractivity contribution in [2.75, 3.05) is 6.26 Å². The SMILES string of the molecule is CSc1ncc(-c2ccc(Br)cc2)n1-c1ccc(F)cc1. The predicted octanol–water partition coefficient (Wildman–Crippen LogP) is 5.16. The fraction of sp³-hybridized carbons (Fsp3) is 0.0625. The Morgan fingerprint density at radius 1 is 1.05 bits per heavy atom. The fourth-order valence-electron chi connectivity index (χ4n) is 2.14. The molecule has 0 spiro atoms. The van der Waals surface area contributed by atoms with Crippen molar-refractivity contribution in [3.8, 4) is 16.9 Å². The molecule has 2 nitrogen and oxygen atoms in total. The van der Waals surface area contributed by atoms with E-state index in [0.717, 1.165) is 26.6 Å². The van der Waals surface area contributed by atoms with Gasteiger partial charge in [0.2, 0.25) is 0 Å². The third kappa shape index (κ3) is 2.89. The predicted molar refractivity (Wildman–Crippen MR) is 88.4 cm³/mol. The van der Waals surface area contributed by atoms with E-state index in [1.807, 2.05) is 41.3 Å². The Bertz CT molecular complexity index is 751. The molecule has 3 aromatic rings. The Balaban J connectivity index is 2.16. The van der Waals surface area contributed by atoms with Crippen molar-refractivity contribution in [1.29, 1.82) is 0 Å². The Morgan fingerprint density at radius 2 is 1.71 bits per heavy atom. The second-order valence-corrected chi connectivity index (χ2v) is 6.14. The summed E-state index contributed by atoms with van der Waals surface area (Å²) in [4.78, 5) is 4.45. The molecule has 2 aromatic carbocycles. The van der Waals surface area contributed by atoms with E-state index < -0.39 is 0 Å². The molecule has 0 atom stereocenters. The van der Waals surface area contributed by atoms with E-state index in [4.69, 9.17) is 0 Å². The van der Waals surface area contributed by atoms with Crippen LogP contribution in [0, 0.1) is 5.82 Å². The average Bonchev–Trinajstić information content (AvgIpc) is 2.93. The highest BCUT2D eigenvalue weighted by molar-refractivity contribution is 9.10. The second kappa shape index (κ2) is 6.03. The average molecular weight is 363 g/mol. The molecule has 0 radical (unpaired) electrons. The number of rotatable bonds is 3. The normalized spacial score (nSPS) is 10.8. The quantitative estimate of drug-likeness (QED) is 0.598. The first-order chi connectivity index (χ1) is 10.2. The van der Waals surface area contributed by atoms with E-state index in [9.17, 15) is 4.39 Å². The largest absolute Gasteiger partial charge is 0.287 e. The van der Waals surface area contributed by atoms with Gasteiger partial charge >= 0.3 is 0 Å². The van der Waals surface area contributed by atoms with Crippen molar-refractivity contribution in [1.82, 2.24) is 9.55 Å². The first-order valence-electron chi connectivity index (χ1n) is 6.32. The first-order valence-corrected chi connectivity index (χ1v) is 8.34. The summed E-state index contributed by atoms with van der Waals surface area (Å²) in [5.74, 6) is -0.241. The summed E-state index contributed by atoms with van der Waals surface area (Å²) >= 11 is 5.00. The number of benzene rings is 2. The summed E-state index contributed by atoms with van der Waals surface area (Å²) < 4.78 is 16.2. The lowest BCUT2D eigenvalue weighted by molar-refractivity contribution is 0.627. The molecule has 0 aliphatic heterocycles. The fourth-order valence-corrected chi connectivity index (χ4v) is 2.95. The van der Waals surface area contributed by atoms with Crippen LogP contribution in [0.3, 0.4) is 0 Å². The maximum Gasteiger partial charge on any atom is 0.172 e. The molecule has 0 saturated carbocycles. The van der Waals surface area contributed by atoms with E-state index >= 15 is 0 Å². The Hall–Kier alpha value is -1.59. The standard InChI is InChI=1S/C16H12BrFN2S/c1-21-16-19-10-15(11-2-4-12(17)5-3-11)20(16)14-8-6-13(18)7-9-14/h2-10H,1H3. The van der Waals surface area contributed by atoms with E-state index in [1.165, 1.54) is 12.1 Å². The maximum atomic E-state index is 13.1. The number of nitrogens with zero attached hydrogens (tertiary/aromatic N) is 2. The number of hydrogen-bond donors (Lipinski definition) is 0. The van der Waals surface area contributed by atoms with Gasteiger partial charge in [0, 0.05) is 15.7 Å². The molecule has 0 saturated heterocycles. The molecule has 1 heterocycles. The number of thioether (sulfide) groups is 1. The molecule has 1 aromatic heterocycles. The van der Waals surface area contributed by atoms with Crippen molar-refractivity contribution in [3.05, 3.63) is 65.0 Å². The van der Waals surface area contributed by atoms with Gasteiger partial charge in [-0.25, -0.2) is 9.37 Å². The Morgan fingerprint density at radius 3 is 2.33 bits per heavy atom. The molecule has 0 fully saturated rings. The van der Waals surface area contributed by atoms with Gasteiger partial charge in [0.15, 0.2) is 5.16 Å². The molecule has 3 rings (SSSR count). The van der Waals surface area contributed by atoms with Crippen LogP contribution >= 0.6 is 27.7 Å². The molecule has 0 amide bonds. The maximum absolute atomic E-state index is 13.1. The van der Waals surface area contributed by atoms with Crippen LogP contribution in [0.1, 0.15) is 0 Å². The van der Waals surface area contributed by atoms with Crippen LogP contribution in [0.5, 0.6) is 0 Å². The monoisotopic (exact) mass is 362 g/mol. The molecule has 106 valence electrons. The highest BCUT2D eigenvalue weighted by Crippen LogP contribution is 2.29. The zero-order valence-corrected chi connectivity index (χ0v) is 13.7. The molecule has 0 aliphatic rings. The smallest absolute Gasteiger partial charge is 0.172 e. The van der Waals surface area contributed by atoms with Gasteiger partial charge in [0.25, 0.3) is 0 Å². The minimum Gasteiger partial charge on any atom is -0.287 e. The van der Waals surface area contributed by atoms with Crippen LogP contribution in [-0.2, 0) is 0 Å². The van der Waals surface area contributed by atoms with Gasteiger partial charge in [-0.05, 0) is 42.7 Å². The van der Waals surface area contributed by atoms with E-state index in [1.54, 1.807) is 23.9 Å². The summed E-state index contributed by atoms with van der Waals surface area (Å²) in [6, 6.07) is 14.5. The third-order valence-corrected chi connectivity index (χ3v) is 4.32. The van der Waals surface area contributed by atoms with Crippen molar-refractivity contribution in [2.45, 2.75) is 5.16 Å². The minimum atomic E-state index is -0.241. The lowest BCUT2D eigenvalue weighted by atomic mass is 10.1. The van der Waals surface area contributed by atoms with Crippen LogP contribution in [0.15, 0.2) is 64.4 Å². The van der Waals surface area contributed by atoms with Gasteiger partial charge < -0.3 is 0 Å². The Kier molecular flexibility index (Phi) is 4.12. The van der Waals surface area contributed by atoms with Gasteiger partial charge in [-0.1, -0.05) is 39.8 Å². The highest BCUT2D eigenvalue weighted by Gasteiger charge is 2.13. The van der Waals surface area contributed by atoms with Gasteiger partial charge in [-0.2, -0.15) is 0 Å². The highest BCUT2D eigenvalue weighted by atomic mass is 79.9. The van der Waals surface area contributed by atoms with E-state index in [-0.39, 0.29) is 5.82 Å². The van der Waals surface area contributed by atoms with Crippen molar-refractivity contribution < 1.29 is 4.39 Å². The first kappa shape index (κ1) is 14.4. The van der Waals surface area contributed by atoms with E-state index in [0.29, 0.717) is 0 Å². The number of hydrogen-bond acceptors (Lipinski definition) is 2.